The monoisotopic (exact) mass is 328 g/mol. The second-order valence-electron chi connectivity index (χ2n) is 3.82. The highest BCUT2D eigenvalue weighted by Gasteiger charge is 2.26. The first-order valence-electron chi connectivity index (χ1n) is 5.39. The lowest BCUT2D eigenvalue weighted by molar-refractivity contribution is -0.0236. The summed E-state index contributed by atoms with van der Waals surface area (Å²) in [5.74, 6) is 0. The molecule has 0 aromatic carbocycles. The summed E-state index contributed by atoms with van der Waals surface area (Å²) < 4.78 is 22.3. The van der Waals surface area contributed by atoms with Crippen molar-refractivity contribution in [2.75, 3.05) is 39.6 Å². The van der Waals surface area contributed by atoms with Crippen LogP contribution in [0.4, 0.5) is 0 Å². The van der Waals surface area contributed by atoms with Gasteiger partial charge in [0.25, 0.3) is 0 Å². The van der Waals surface area contributed by atoms with Gasteiger partial charge in [-0.2, -0.15) is 0 Å². The molecule has 0 aromatic rings. The Morgan fingerprint density at radius 3 is 2.60 bits per heavy atom. The summed E-state index contributed by atoms with van der Waals surface area (Å²) in [6.45, 7) is 4.42. The third kappa shape index (κ3) is 3.81. The zero-order valence-electron chi connectivity index (χ0n) is 8.69. The third-order valence-corrected chi connectivity index (χ3v) is 3.78. The molecule has 88 valence electrons. The molecule has 3 atom stereocenters. The topological polar surface area (TPSA) is 36.9 Å². The second-order valence-corrected chi connectivity index (χ2v) is 5.42. The first-order chi connectivity index (χ1) is 7.36. The number of ether oxygens (including phenoxy) is 4. The molecule has 0 aliphatic carbocycles. The molecule has 0 saturated carbocycles. The molecule has 3 unspecified atom stereocenters. The molecule has 2 fully saturated rings. The maximum atomic E-state index is 5.68. The van der Waals surface area contributed by atoms with Crippen LogP contribution < -0.4 is 0 Å². The highest BCUT2D eigenvalue weighted by Crippen LogP contribution is 2.17. The van der Waals surface area contributed by atoms with Gasteiger partial charge in [-0.05, 0) is 6.42 Å². The minimum absolute atomic E-state index is 0.244. The van der Waals surface area contributed by atoms with Crippen molar-refractivity contribution >= 4 is 22.6 Å². The number of halogens is 1. The summed E-state index contributed by atoms with van der Waals surface area (Å²) in [6, 6.07) is 0. The van der Waals surface area contributed by atoms with Crippen LogP contribution in [0.3, 0.4) is 0 Å². The predicted molar refractivity (Wildman–Crippen MR) is 63.5 cm³/mol. The van der Waals surface area contributed by atoms with E-state index in [0.29, 0.717) is 17.1 Å². The van der Waals surface area contributed by atoms with Crippen LogP contribution in [0.2, 0.25) is 0 Å². The van der Waals surface area contributed by atoms with Crippen LogP contribution in [0.15, 0.2) is 0 Å². The molecule has 2 aliphatic heterocycles. The van der Waals surface area contributed by atoms with Crippen LogP contribution in [0.5, 0.6) is 0 Å². The maximum absolute atomic E-state index is 5.68. The van der Waals surface area contributed by atoms with Crippen molar-refractivity contribution in [3.05, 3.63) is 0 Å². The van der Waals surface area contributed by atoms with Crippen LogP contribution in [0, 0.1) is 0 Å². The Bertz CT molecular complexity index is 184. The van der Waals surface area contributed by atoms with Gasteiger partial charge in [-0.1, -0.05) is 22.6 Å². The summed E-state index contributed by atoms with van der Waals surface area (Å²) in [4.78, 5) is 0. The van der Waals surface area contributed by atoms with Crippen molar-refractivity contribution in [2.45, 2.75) is 22.6 Å². The quantitative estimate of drug-likeness (QED) is 0.429. The van der Waals surface area contributed by atoms with Gasteiger partial charge in [0.05, 0.1) is 49.2 Å². The van der Waals surface area contributed by atoms with Crippen LogP contribution in [-0.2, 0) is 18.9 Å². The molecule has 0 aromatic heterocycles. The Labute approximate surface area is 104 Å². The molecule has 4 nitrogen and oxygen atoms in total. The van der Waals surface area contributed by atoms with Crippen LogP contribution in [-0.4, -0.2) is 55.8 Å². The minimum atomic E-state index is 0.244. The molecule has 5 heteroatoms. The van der Waals surface area contributed by atoms with Gasteiger partial charge in [0.15, 0.2) is 0 Å². The minimum Gasteiger partial charge on any atom is -0.379 e. The van der Waals surface area contributed by atoms with Gasteiger partial charge >= 0.3 is 0 Å². The average Bonchev–Trinajstić information content (AvgIpc) is 2.85. The second kappa shape index (κ2) is 6.34. The molecule has 2 heterocycles. The summed E-state index contributed by atoms with van der Waals surface area (Å²) in [7, 11) is 0. The van der Waals surface area contributed by atoms with Crippen LogP contribution >= 0.6 is 22.6 Å². The van der Waals surface area contributed by atoms with Crippen molar-refractivity contribution in [1.29, 1.82) is 0 Å². The van der Waals surface area contributed by atoms with Crippen LogP contribution in [0.1, 0.15) is 6.42 Å². The zero-order chi connectivity index (χ0) is 10.5. The lowest BCUT2D eigenvalue weighted by atomic mass is 10.3. The average molecular weight is 328 g/mol. The highest BCUT2D eigenvalue weighted by molar-refractivity contribution is 14.1. The fraction of sp³-hybridized carbons (Fsp3) is 1.00. The zero-order valence-corrected chi connectivity index (χ0v) is 10.9. The summed E-state index contributed by atoms with van der Waals surface area (Å²) in [5, 5.41) is 0. The highest BCUT2D eigenvalue weighted by atomic mass is 127. The number of hydrogen-bond acceptors (Lipinski definition) is 4. The first kappa shape index (κ1) is 12.0. The molecular formula is C10H17IO4. The molecule has 0 N–H and O–H groups in total. The Hall–Kier alpha value is 0.570. The van der Waals surface area contributed by atoms with Crippen molar-refractivity contribution in [3.63, 3.8) is 0 Å². The van der Waals surface area contributed by atoms with Gasteiger partial charge in [-0.25, -0.2) is 0 Å². The predicted octanol–water partition coefficient (Wildman–Crippen LogP) is 1.01. The normalized spacial score (nSPS) is 36.2. The summed E-state index contributed by atoms with van der Waals surface area (Å²) in [6.07, 6.45) is 1.54. The van der Waals surface area contributed by atoms with Gasteiger partial charge in [-0.3, -0.25) is 0 Å². The molecule has 0 spiro atoms. The van der Waals surface area contributed by atoms with Gasteiger partial charge < -0.3 is 18.9 Å². The van der Waals surface area contributed by atoms with E-state index in [1.165, 1.54) is 0 Å². The first-order valence-corrected chi connectivity index (χ1v) is 6.63. The molecule has 0 bridgehead atoms. The van der Waals surface area contributed by atoms with E-state index in [-0.39, 0.29) is 12.2 Å². The fourth-order valence-electron chi connectivity index (χ4n) is 1.72. The van der Waals surface area contributed by atoms with E-state index in [4.69, 9.17) is 18.9 Å². The van der Waals surface area contributed by atoms with Gasteiger partial charge in [0.1, 0.15) is 0 Å². The standard InChI is InChI=1S/C10H17IO4/c11-9-6-13-7-10(9)15-4-3-14-8-1-2-12-5-8/h8-10H,1-7H2. The SMILES string of the molecule is IC1COCC1OCCOC1CCOC1. The van der Waals surface area contributed by atoms with Gasteiger partial charge in [0, 0.05) is 6.61 Å². The number of hydrogen-bond donors (Lipinski definition) is 0. The summed E-state index contributed by atoms with van der Waals surface area (Å²) in [5.41, 5.74) is 0. The largest absolute Gasteiger partial charge is 0.379 e. The molecule has 2 aliphatic rings. The number of alkyl halides is 1. The van der Waals surface area contributed by atoms with Crippen molar-refractivity contribution in [1.82, 2.24) is 0 Å². The van der Waals surface area contributed by atoms with Gasteiger partial charge in [-0.15, -0.1) is 0 Å². The maximum Gasteiger partial charge on any atom is 0.0949 e. The van der Waals surface area contributed by atoms with E-state index < -0.39 is 0 Å². The lowest BCUT2D eigenvalue weighted by Crippen LogP contribution is -2.25. The number of rotatable bonds is 5. The molecular weight excluding hydrogens is 311 g/mol. The Balaban J connectivity index is 1.51. The van der Waals surface area contributed by atoms with Crippen molar-refractivity contribution < 1.29 is 18.9 Å². The van der Waals surface area contributed by atoms with E-state index >= 15 is 0 Å². The van der Waals surface area contributed by atoms with Gasteiger partial charge in [0.2, 0.25) is 0 Å². The van der Waals surface area contributed by atoms with E-state index in [2.05, 4.69) is 22.6 Å². The Morgan fingerprint density at radius 1 is 1.07 bits per heavy atom. The fourth-order valence-corrected chi connectivity index (χ4v) is 2.39. The molecule has 2 saturated heterocycles. The lowest BCUT2D eigenvalue weighted by Gasteiger charge is -2.14. The van der Waals surface area contributed by atoms with Crippen LogP contribution in [0.25, 0.3) is 0 Å². The summed E-state index contributed by atoms with van der Waals surface area (Å²) >= 11 is 2.37. The van der Waals surface area contributed by atoms with E-state index in [0.717, 1.165) is 32.8 Å². The van der Waals surface area contributed by atoms with Crippen molar-refractivity contribution in [3.8, 4) is 0 Å². The molecule has 15 heavy (non-hydrogen) atoms. The Morgan fingerprint density at radius 2 is 1.93 bits per heavy atom. The molecule has 2 rings (SSSR count). The smallest absolute Gasteiger partial charge is 0.0949 e. The van der Waals surface area contributed by atoms with E-state index in [9.17, 15) is 0 Å². The Kier molecular flexibility index (Phi) is 5.09. The van der Waals surface area contributed by atoms with E-state index in [1.54, 1.807) is 0 Å². The van der Waals surface area contributed by atoms with Crippen molar-refractivity contribution in [2.24, 2.45) is 0 Å². The molecule has 0 amide bonds. The third-order valence-electron chi connectivity index (χ3n) is 2.62. The molecule has 0 radical (unpaired) electrons. The van der Waals surface area contributed by atoms with E-state index in [1.807, 2.05) is 0 Å².